The van der Waals surface area contributed by atoms with E-state index >= 15 is 0 Å². The maximum atomic E-state index is 6.82. The third-order valence-corrected chi connectivity index (χ3v) is 9.93. The molecule has 0 N–H and O–H groups in total. The summed E-state index contributed by atoms with van der Waals surface area (Å²) in [5.41, 5.74) is 4.79. The summed E-state index contributed by atoms with van der Waals surface area (Å²) in [5, 5.41) is 9.41. The Bertz CT molecular complexity index is 3000. The van der Waals surface area contributed by atoms with E-state index in [2.05, 4.69) is 137 Å². The van der Waals surface area contributed by atoms with Crippen LogP contribution in [0.25, 0.3) is 88.4 Å². The van der Waals surface area contributed by atoms with Crippen molar-refractivity contribution in [1.82, 2.24) is 24.1 Å². The summed E-state index contributed by atoms with van der Waals surface area (Å²) in [7, 11) is 0. The number of halogens is 1. The van der Waals surface area contributed by atoms with Gasteiger partial charge < -0.3 is 0 Å². The van der Waals surface area contributed by atoms with Gasteiger partial charge >= 0.3 is 0 Å². The van der Waals surface area contributed by atoms with Gasteiger partial charge in [-0.2, -0.15) is 15.0 Å². The van der Waals surface area contributed by atoms with Crippen LogP contribution in [-0.2, 0) is 0 Å². The molecule has 5 nitrogen and oxygen atoms in total. The minimum absolute atomic E-state index is 0.494. The van der Waals surface area contributed by atoms with Gasteiger partial charge in [-0.3, -0.25) is 9.13 Å². The zero-order valence-corrected chi connectivity index (χ0v) is 28.0. The van der Waals surface area contributed by atoms with Crippen LogP contribution in [0.1, 0.15) is 0 Å². The molecule has 3 heterocycles. The Morgan fingerprint density at radius 2 is 0.706 bits per heavy atom. The van der Waals surface area contributed by atoms with E-state index in [9.17, 15) is 0 Å². The second-order valence-electron chi connectivity index (χ2n) is 12.6. The molecule has 0 aliphatic carbocycles. The molecule has 0 spiro atoms. The van der Waals surface area contributed by atoms with Crippen LogP contribution in [-0.4, -0.2) is 24.1 Å². The molecule has 0 unspecified atom stereocenters. The second kappa shape index (κ2) is 11.8. The van der Waals surface area contributed by atoms with Crippen LogP contribution in [0.15, 0.2) is 170 Å². The minimum atomic E-state index is 0.494. The Morgan fingerprint density at radius 1 is 0.333 bits per heavy atom. The Kier molecular flexibility index (Phi) is 6.79. The first-order valence-electron chi connectivity index (χ1n) is 16.9. The molecule has 0 atom stereocenters. The average Bonchev–Trinajstić information content (AvgIpc) is 3.55. The molecule has 10 aromatic rings. The number of benzene rings is 7. The van der Waals surface area contributed by atoms with E-state index in [0.717, 1.165) is 70.7 Å². The second-order valence-corrected chi connectivity index (χ2v) is 13.0. The van der Waals surface area contributed by atoms with Crippen LogP contribution in [0.4, 0.5) is 0 Å². The van der Waals surface area contributed by atoms with Gasteiger partial charge in [0.15, 0.2) is 5.82 Å². The molecular weight excluding hydrogens is 646 g/mol. The molecule has 0 fully saturated rings. The molecule has 0 saturated heterocycles. The predicted molar refractivity (Wildman–Crippen MR) is 212 cm³/mol. The highest BCUT2D eigenvalue weighted by Gasteiger charge is 2.19. The fourth-order valence-electron chi connectivity index (χ4n) is 7.47. The van der Waals surface area contributed by atoms with E-state index in [1.165, 1.54) is 0 Å². The first-order valence-corrected chi connectivity index (χ1v) is 17.3. The van der Waals surface area contributed by atoms with E-state index in [0.29, 0.717) is 22.7 Å². The molecule has 51 heavy (non-hydrogen) atoms. The standard InChI is InChI=1S/C45H28ClN5/c46-30-26-27-42-38(28-30)34-19-7-5-17-32(34)31-16-4-6-18-33(31)35-20-8-11-23-39(35)51(42)45-48-43(29-14-2-1-3-15-29)47-44(49-45)50-40-24-12-9-21-36(40)37-22-10-13-25-41(37)50/h1-28H. The smallest absolute Gasteiger partial charge is 0.240 e. The lowest BCUT2D eigenvalue weighted by Crippen LogP contribution is -2.11. The van der Waals surface area contributed by atoms with Gasteiger partial charge in [0, 0.05) is 32.1 Å². The lowest BCUT2D eigenvalue weighted by Gasteiger charge is -2.15. The fourth-order valence-corrected chi connectivity index (χ4v) is 7.65. The SMILES string of the molecule is Clc1ccc2c(c1)c1ccccc1c1ccccc1c1ccccc1n2-c1nc(-c2ccccc2)nc(-n2c3ccccc3c3ccccc32)n1. The first kappa shape index (κ1) is 29.4. The third kappa shape index (κ3) is 4.74. The summed E-state index contributed by atoms with van der Waals surface area (Å²) in [6, 6.07) is 58.6. The molecule has 0 aliphatic heterocycles. The van der Waals surface area contributed by atoms with E-state index < -0.39 is 0 Å². The topological polar surface area (TPSA) is 48.5 Å². The van der Waals surface area contributed by atoms with Crippen molar-refractivity contribution in [3.63, 3.8) is 0 Å². The van der Waals surface area contributed by atoms with E-state index in [1.54, 1.807) is 0 Å². The van der Waals surface area contributed by atoms with Crippen molar-refractivity contribution in [2.75, 3.05) is 0 Å². The van der Waals surface area contributed by atoms with Gasteiger partial charge in [-0.1, -0.05) is 145 Å². The van der Waals surface area contributed by atoms with Crippen molar-refractivity contribution in [1.29, 1.82) is 0 Å². The zero-order valence-electron chi connectivity index (χ0n) is 27.3. The van der Waals surface area contributed by atoms with Gasteiger partial charge in [-0.05, 0) is 57.9 Å². The molecule has 0 radical (unpaired) electrons. The summed E-state index contributed by atoms with van der Waals surface area (Å²) < 4.78 is 4.32. The summed E-state index contributed by atoms with van der Waals surface area (Å²) in [5.74, 6) is 1.60. The van der Waals surface area contributed by atoms with Crippen LogP contribution in [0.5, 0.6) is 0 Å². The molecule has 0 aliphatic rings. The number of nitrogens with zero attached hydrogens (tertiary/aromatic N) is 5. The maximum Gasteiger partial charge on any atom is 0.240 e. The molecule has 0 saturated carbocycles. The number of hydrogen-bond donors (Lipinski definition) is 0. The van der Waals surface area contributed by atoms with E-state index in [-0.39, 0.29) is 0 Å². The highest BCUT2D eigenvalue weighted by atomic mass is 35.5. The number of rotatable bonds is 3. The van der Waals surface area contributed by atoms with Crippen molar-refractivity contribution < 1.29 is 0 Å². The molecule has 0 amide bonds. The van der Waals surface area contributed by atoms with Gasteiger partial charge in [0.2, 0.25) is 11.9 Å². The minimum Gasteiger partial charge on any atom is -0.278 e. The predicted octanol–water partition coefficient (Wildman–Crippen LogP) is 11.8. The highest BCUT2D eigenvalue weighted by Crippen LogP contribution is 2.36. The van der Waals surface area contributed by atoms with Crippen LogP contribution in [0.2, 0.25) is 5.02 Å². The molecule has 6 heteroatoms. The van der Waals surface area contributed by atoms with Gasteiger partial charge in [-0.15, -0.1) is 0 Å². The largest absolute Gasteiger partial charge is 0.278 e. The number of hydrogen-bond acceptors (Lipinski definition) is 3. The quantitative estimate of drug-likeness (QED) is 0.187. The average molecular weight is 674 g/mol. The fraction of sp³-hybridized carbons (Fsp3) is 0. The highest BCUT2D eigenvalue weighted by molar-refractivity contribution is 6.32. The maximum absolute atomic E-state index is 6.82. The molecule has 10 rings (SSSR count). The van der Waals surface area contributed by atoms with Crippen molar-refractivity contribution >= 4 is 76.8 Å². The van der Waals surface area contributed by atoms with Crippen LogP contribution >= 0.6 is 11.6 Å². The van der Waals surface area contributed by atoms with Crippen LogP contribution in [0, 0.1) is 0 Å². The Morgan fingerprint density at radius 3 is 1.22 bits per heavy atom. The molecule has 3 aromatic heterocycles. The van der Waals surface area contributed by atoms with Crippen molar-refractivity contribution in [2.24, 2.45) is 0 Å². The third-order valence-electron chi connectivity index (χ3n) is 9.69. The lowest BCUT2D eigenvalue weighted by molar-refractivity contribution is 0.891. The Balaban J connectivity index is 1.45. The van der Waals surface area contributed by atoms with Crippen molar-refractivity contribution in [3.8, 4) is 23.3 Å². The van der Waals surface area contributed by atoms with E-state index in [4.69, 9.17) is 26.6 Å². The summed E-state index contributed by atoms with van der Waals surface area (Å²) >= 11 is 6.82. The monoisotopic (exact) mass is 673 g/mol. The molecule has 7 aromatic carbocycles. The summed E-state index contributed by atoms with van der Waals surface area (Å²) in [6.45, 7) is 0. The van der Waals surface area contributed by atoms with Gasteiger partial charge in [0.1, 0.15) is 0 Å². The van der Waals surface area contributed by atoms with Crippen LogP contribution < -0.4 is 0 Å². The summed E-state index contributed by atoms with van der Waals surface area (Å²) in [4.78, 5) is 15.9. The lowest BCUT2D eigenvalue weighted by atomic mass is 10.0. The van der Waals surface area contributed by atoms with Crippen LogP contribution in [0.3, 0.4) is 0 Å². The van der Waals surface area contributed by atoms with Gasteiger partial charge in [0.25, 0.3) is 0 Å². The molecular formula is C45H28ClN5. The van der Waals surface area contributed by atoms with Gasteiger partial charge in [-0.25, -0.2) is 0 Å². The van der Waals surface area contributed by atoms with Crippen molar-refractivity contribution in [2.45, 2.75) is 0 Å². The Labute approximate surface area is 298 Å². The zero-order chi connectivity index (χ0) is 33.9. The molecule has 0 bridgehead atoms. The Hall–Kier alpha value is -6.56. The molecule has 240 valence electrons. The number of para-hydroxylation sites is 3. The summed E-state index contributed by atoms with van der Waals surface area (Å²) in [6.07, 6.45) is 0. The van der Waals surface area contributed by atoms with Crippen molar-refractivity contribution in [3.05, 3.63) is 175 Å². The van der Waals surface area contributed by atoms with Gasteiger partial charge in [0.05, 0.1) is 22.1 Å². The number of fused-ring (bicyclic) bond motifs is 10. The van der Waals surface area contributed by atoms with E-state index in [1.807, 2.05) is 42.5 Å². The normalized spacial score (nSPS) is 11.6. The number of aromatic nitrogens is 5. The first-order chi connectivity index (χ1) is 25.2.